The maximum absolute atomic E-state index is 12.2. The number of H-pyrrole nitrogens is 2. The first-order valence-corrected chi connectivity index (χ1v) is 7.68. The Morgan fingerprint density at radius 2 is 2.05 bits per heavy atom. The molecular formula is C13H14N4O3S. The van der Waals surface area contributed by atoms with Crippen molar-refractivity contribution in [3.63, 3.8) is 0 Å². The minimum absolute atomic E-state index is 0.193. The number of hydrogen-bond donors (Lipinski definition) is 4. The van der Waals surface area contributed by atoms with Gasteiger partial charge in [-0.1, -0.05) is 6.07 Å². The molecule has 4 N–H and O–H groups in total. The third kappa shape index (κ3) is 2.72. The predicted molar refractivity (Wildman–Crippen MR) is 82.9 cm³/mol. The molecule has 0 aliphatic carbocycles. The Bertz CT molecular complexity index is 792. The lowest BCUT2D eigenvalue weighted by Crippen LogP contribution is -2.46. The monoisotopic (exact) mass is 306 g/mol. The van der Waals surface area contributed by atoms with Crippen LogP contribution in [0, 0.1) is 0 Å². The largest absolute Gasteiger partial charge is 0.324 e. The molecule has 2 heterocycles. The highest BCUT2D eigenvalue weighted by Crippen LogP contribution is 2.18. The zero-order valence-electron chi connectivity index (χ0n) is 11.1. The third-order valence-electron chi connectivity index (χ3n) is 3.32. The van der Waals surface area contributed by atoms with Crippen LogP contribution >= 0.6 is 11.8 Å². The Kier molecular flexibility index (Phi) is 3.80. The number of nitrogens with one attached hydrogen (secondary N) is 4. The second-order valence-electron chi connectivity index (χ2n) is 4.71. The second kappa shape index (κ2) is 5.74. The van der Waals surface area contributed by atoms with Gasteiger partial charge >= 0.3 is 0 Å². The summed E-state index contributed by atoms with van der Waals surface area (Å²) >= 11 is 1.70. The lowest BCUT2D eigenvalue weighted by atomic mass is 10.1. The van der Waals surface area contributed by atoms with Crippen LogP contribution in [0.5, 0.6) is 0 Å². The van der Waals surface area contributed by atoms with Crippen LogP contribution in [-0.2, 0) is 4.79 Å². The molecule has 7 nitrogen and oxygen atoms in total. The fourth-order valence-corrected chi connectivity index (χ4v) is 3.22. The third-order valence-corrected chi connectivity index (χ3v) is 4.38. The molecule has 1 aromatic carbocycles. The van der Waals surface area contributed by atoms with Gasteiger partial charge in [0.2, 0.25) is 5.91 Å². The molecule has 1 fully saturated rings. The summed E-state index contributed by atoms with van der Waals surface area (Å²) in [6.07, 6.45) is 0. The summed E-state index contributed by atoms with van der Waals surface area (Å²) in [5, 5.41) is 10.8. The van der Waals surface area contributed by atoms with Crippen molar-refractivity contribution in [1.29, 1.82) is 0 Å². The first-order valence-electron chi connectivity index (χ1n) is 6.52. The van der Waals surface area contributed by atoms with Crippen molar-refractivity contribution in [2.24, 2.45) is 0 Å². The summed E-state index contributed by atoms with van der Waals surface area (Å²) in [5.41, 5.74) is -0.485. The minimum Gasteiger partial charge on any atom is -0.324 e. The number of anilines is 1. The zero-order valence-corrected chi connectivity index (χ0v) is 11.9. The van der Waals surface area contributed by atoms with Crippen molar-refractivity contribution in [2.75, 3.05) is 23.4 Å². The molecule has 1 amide bonds. The molecule has 1 unspecified atom stereocenters. The topological polar surface area (TPSA) is 107 Å². The lowest BCUT2D eigenvalue weighted by Gasteiger charge is -2.22. The molecule has 0 bridgehead atoms. The first-order chi connectivity index (χ1) is 10.2. The first kappa shape index (κ1) is 13.9. The summed E-state index contributed by atoms with van der Waals surface area (Å²) in [6, 6.07) is 4.51. The van der Waals surface area contributed by atoms with Crippen LogP contribution in [0.4, 0.5) is 5.69 Å². The Hall–Kier alpha value is -2.06. The van der Waals surface area contributed by atoms with E-state index in [4.69, 9.17) is 0 Å². The SMILES string of the molecule is O=C(Nc1cccc2c(=O)[nH][nH]c(=O)c12)C1CSCCN1. The van der Waals surface area contributed by atoms with E-state index in [0.29, 0.717) is 11.4 Å². The normalized spacial score (nSPS) is 18.6. The second-order valence-corrected chi connectivity index (χ2v) is 5.86. The quantitative estimate of drug-likeness (QED) is 0.618. The maximum Gasteiger partial charge on any atom is 0.272 e. The van der Waals surface area contributed by atoms with E-state index in [0.717, 1.165) is 12.3 Å². The van der Waals surface area contributed by atoms with Crippen LogP contribution in [0.3, 0.4) is 0 Å². The Labute approximate surface area is 123 Å². The number of hydrogen-bond acceptors (Lipinski definition) is 5. The average Bonchev–Trinajstić information content (AvgIpc) is 2.52. The molecule has 1 aliphatic heterocycles. The van der Waals surface area contributed by atoms with E-state index in [9.17, 15) is 14.4 Å². The number of benzene rings is 1. The lowest BCUT2D eigenvalue weighted by molar-refractivity contribution is -0.117. The van der Waals surface area contributed by atoms with Crippen LogP contribution in [0.2, 0.25) is 0 Å². The zero-order chi connectivity index (χ0) is 14.8. The molecule has 1 saturated heterocycles. The van der Waals surface area contributed by atoms with E-state index >= 15 is 0 Å². The van der Waals surface area contributed by atoms with E-state index < -0.39 is 11.1 Å². The van der Waals surface area contributed by atoms with Crippen molar-refractivity contribution >= 4 is 34.1 Å². The molecule has 2 aromatic rings. The van der Waals surface area contributed by atoms with Gasteiger partial charge in [0, 0.05) is 18.1 Å². The maximum atomic E-state index is 12.2. The number of amides is 1. The van der Waals surface area contributed by atoms with Gasteiger partial charge in [-0.2, -0.15) is 11.8 Å². The fourth-order valence-electron chi connectivity index (χ4n) is 2.29. The highest BCUT2D eigenvalue weighted by molar-refractivity contribution is 7.99. The molecule has 1 atom stereocenters. The van der Waals surface area contributed by atoms with Gasteiger partial charge < -0.3 is 10.6 Å². The highest BCUT2D eigenvalue weighted by atomic mass is 32.2. The van der Waals surface area contributed by atoms with Crippen LogP contribution in [0.25, 0.3) is 10.8 Å². The number of aromatic nitrogens is 2. The summed E-state index contributed by atoms with van der Waals surface area (Å²) in [7, 11) is 0. The fraction of sp³-hybridized carbons (Fsp3) is 0.308. The number of aromatic amines is 2. The van der Waals surface area contributed by atoms with E-state index in [1.165, 1.54) is 0 Å². The van der Waals surface area contributed by atoms with Crippen molar-refractivity contribution in [1.82, 2.24) is 15.5 Å². The van der Waals surface area contributed by atoms with E-state index in [2.05, 4.69) is 20.8 Å². The average molecular weight is 306 g/mol. The van der Waals surface area contributed by atoms with Crippen molar-refractivity contribution in [3.8, 4) is 0 Å². The molecular weight excluding hydrogens is 292 g/mol. The van der Waals surface area contributed by atoms with Gasteiger partial charge in [0.1, 0.15) is 0 Å². The molecule has 0 spiro atoms. The van der Waals surface area contributed by atoms with E-state index in [1.54, 1.807) is 30.0 Å². The molecule has 3 rings (SSSR count). The van der Waals surface area contributed by atoms with Crippen LogP contribution in [-0.4, -0.2) is 40.2 Å². The van der Waals surface area contributed by atoms with Crippen molar-refractivity contribution < 1.29 is 4.79 Å². The summed E-state index contributed by atoms with van der Waals surface area (Å²) < 4.78 is 0. The number of rotatable bonds is 2. The van der Waals surface area contributed by atoms with Crippen molar-refractivity contribution in [2.45, 2.75) is 6.04 Å². The van der Waals surface area contributed by atoms with Gasteiger partial charge in [0.25, 0.3) is 11.1 Å². The number of thioether (sulfide) groups is 1. The van der Waals surface area contributed by atoms with Gasteiger partial charge in [-0.05, 0) is 12.1 Å². The Morgan fingerprint density at radius 1 is 1.24 bits per heavy atom. The van der Waals surface area contributed by atoms with E-state index in [-0.39, 0.29) is 22.7 Å². The molecule has 110 valence electrons. The Morgan fingerprint density at radius 3 is 2.81 bits per heavy atom. The van der Waals surface area contributed by atoms with Crippen LogP contribution in [0.1, 0.15) is 0 Å². The predicted octanol–water partition coefficient (Wildman–Crippen LogP) is -0.140. The van der Waals surface area contributed by atoms with Crippen LogP contribution < -0.4 is 21.8 Å². The molecule has 0 saturated carbocycles. The van der Waals surface area contributed by atoms with Gasteiger partial charge in [-0.25, -0.2) is 0 Å². The van der Waals surface area contributed by atoms with Crippen LogP contribution in [0.15, 0.2) is 27.8 Å². The van der Waals surface area contributed by atoms with Gasteiger partial charge in [-0.15, -0.1) is 0 Å². The molecule has 21 heavy (non-hydrogen) atoms. The smallest absolute Gasteiger partial charge is 0.272 e. The minimum atomic E-state index is -0.438. The van der Waals surface area contributed by atoms with Gasteiger partial charge in [0.05, 0.1) is 22.5 Å². The van der Waals surface area contributed by atoms with Gasteiger partial charge in [-0.3, -0.25) is 24.6 Å². The van der Waals surface area contributed by atoms with E-state index in [1.807, 2.05) is 0 Å². The molecule has 1 aliphatic rings. The summed E-state index contributed by atoms with van der Waals surface area (Å²) in [6.45, 7) is 0.776. The highest BCUT2D eigenvalue weighted by Gasteiger charge is 2.21. The van der Waals surface area contributed by atoms with Gasteiger partial charge in [0.15, 0.2) is 0 Å². The number of carbonyl (C=O) groups is 1. The standard InChI is InChI=1S/C13H14N4O3S/c18-11-7-2-1-3-8(10(7)13(20)17-16-11)15-12(19)9-6-21-5-4-14-9/h1-3,9,14H,4-6H2,(H,15,19)(H,16,18)(H,17,20). The summed E-state index contributed by atoms with van der Waals surface area (Å²) in [5.74, 6) is 1.47. The number of carbonyl (C=O) groups excluding carboxylic acids is 1. The summed E-state index contributed by atoms with van der Waals surface area (Å²) in [4.78, 5) is 35.9. The number of fused-ring (bicyclic) bond motifs is 1. The van der Waals surface area contributed by atoms with Crippen molar-refractivity contribution in [3.05, 3.63) is 38.9 Å². The molecule has 0 radical (unpaired) electrons. The Balaban J connectivity index is 1.97. The molecule has 1 aromatic heterocycles. The molecule has 8 heteroatoms.